The zero-order chi connectivity index (χ0) is 17.0. The number of amides is 1. The number of hydrogen-bond donors (Lipinski definition) is 2. The number of hydrogen-bond acceptors (Lipinski definition) is 3. The van der Waals surface area contributed by atoms with Crippen LogP contribution in [0, 0.1) is 13.8 Å². The van der Waals surface area contributed by atoms with Crippen LogP contribution in [0.4, 0.5) is 0 Å². The summed E-state index contributed by atoms with van der Waals surface area (Å²) in [6.45, 7) is 7.97. The van der Waals surface area contributed by atoms with Crippen LogP contribution in [0.15, 0.2) is 24.3 Å². The van der Waals surface area contributed by atoms with Crippen molar-refractivity contribution in [2.24, 2.45) is 0 Å². The number of nitrogens with zero attached hydrogens (tertiary/aromatic N) is 1. The first kappa shape index (κ1) is 17.1. The summed E-state index contributed by atoms with van der Waals surface area (Å²) >= 11 is 0. The van der Waals surface area contributed by atoms with Crippen LogP contribution in [0.25, 0.3) is 0 Å². The summed E-state index contributed by atoms with van der Waals surface area (Å²) in [6, 6.07) is 7.64. The number of methoxy groups -OCH3 is 1. The third kappa shape index (κ3) is 3.92. The maximum absolute atomic E-state index is 12.4. The monoisotopic (exact) mass is 315 g/mol. The maximum Gasteiger partial charge on any atom is 0.221 e. The van der Waals surface area contributed by atoms with E-state index in [4.69, 9.17) is 4.74 Å². The lowest BCUT2D eigenvalue weighted by Gasteiger charge is -2.19. The second kappa shape index (κ2) is 7.31. The van der Waals surface area contributed by atoms with Crippen molar-refractivity contribution in [3.05, 3.63) is 46.8 Å². The van der Waals surface area contributed by atoms with E-state index in [0.717, 1.165) is 28.3 Å². The fourth-order valence-corrected chi connectivity index (χ4v) is 3.07. The summed E-state index contributed by atoms with van der Waals surface area (Å²) in [6.07, 6.45) is 0.431. The van der Waals surface area contributed by atoms with Crippen molar-refractivity contribution in [3.63, 3.8) is 0 Å². The van der Waals surface area contributed by atoms with E-state index in [1.54, 1.807) is 7.11 Å². The molecule has 0 saturated heterocycles. The van der Waals surface area contributed by atoms with E-state index < -0.39 is 0 Å². The molecular weight excluding hydrogens is 290 g/mol. The molecule has 2 rings (SSSR count). The molecule has 5 heteroatoms. The lowest BCUT2D eigenvalue weighted by Crippen LogP contribution is -2.28. The van der Waals surface area contributed by atoms with Crippen LogP contribution in [0.5, 0.6) is 5.75 Å². The minimum absolute atomic E-state index is 0.0240. The first-order valence-corrected chi connectivity index (χ1v) is 7.87. The van der Waals surface area contributed by atoms with Gasteiger partial charge in [0.25, 0.3) is 0 Å². The molecule has 1 heterocycles. The summed E-state index contributed by atoms with van der Waals surface area (Å²) in [7, 11) is 1.64. The lowest BCUT2D eigenvalue weighted by atomic mass is 9.95. The molecular formula is C18H25N3O2. The van der Waals surface area contributed by atoms with Crippen molar-refractivity contribution in [1.82, 2.24) is 15.5 Å². The topological polar surface area (TPSA) is 67.0 Å². The van der Waals surface area contributed by atoms with Crippen molar-refractivity contribution < 1.29 is 9.53 Å². The summed E-state index contributed by atoms with van der Waals surface area (Å²) in [5, 5.41) is 10.2. The summed E-state index contributed by atoms with van der Waals surface area (Å²) in [5.41, 5.74) is 4.10. The molecule has 0 aliphatic rings. The van der Waals surface area contributed by atoms with E-state index in [1.165, 1.54) is 0 Å². The standard InChI is InChI=1S/C18H25N3O2/c1-11(18-13(3)20-21-14(18)4)10-17(22)19-12(2)15-8-6-7-9-16(15)23-5/h6-9,11-12H,10H2,1-5H3,(H,19,22)(H,20,21)/t11-,12-/m1/s1. The maximum atomic E-state index is 12.4. The van der Waals surface area contributed by atoms with Gasteiger partial charge in [0.1, 0.15) is 5.75 Å². The molecule has 0 radical (unpaired) electrons. The molecule has 0 saturated carbocycles. The van der Waals surface area contributed by atoms with Gasteiger partial charge in [-0.3, -0.25) is 9.89 Å². The molecule has 1 aromatic carbocycles. The van der Waals surface area contributed by atoms with E-state index in [0.29, 0.717) is 6.42 Å². The molecule has 0 aliphatic heterocycles. The average molecular weight is 315 g/mol. The molecule has 124 valence electrons. The summed E-state index contributed by atoms with van der Waals surface area (Å²) in [4.78, 5) is 12.4. The number of carbonyl (C=O) groups is 1. The predicted molar refractivity (Wildman–Crippen MR) is 90.6 cm³/mol. The second-order valence-corrected chi connectivity index (χ2v) is 5.98. The van der Waals surface area contributed by atoms with E-state index >= 15 is 0 Å². The van der Waals surface area contributed by atoms with Gasteiger partial charge in [-0.15, -0.1) is 0 Å². The Labute approximate surface area is 137 Å². The summed E-state index contributed by atoms with van der Waals surface area (Å²) < 4.78 is 5.36. The number of H-pyrrole nitrogens is 1. The number of benzene rings is 1. The number of para-hydroxylation sites is 1. The molecule has 0 unspecified atom stereocenters. The Kier molecular flexibility index (Phi) is 5.42. The normalized spacial score (nSPS) is 13.4. The van der Waals surface area contributed by atoms with Gasteiger partial charge in [0.15, 0.2) is 0 Å². The number of aromatic nitrogens is 2. The molecule has 2 atom stereocenters. The second-order valence-electron chi connectivity index (χ2n) is 5.98. The lowest BCUT2D eigenvalue weighted by molar-refractivity contribution is -0.122. The van der Waals surface area contributed by atoms with Gasteiger partial charge in [-0.25, -0.2) is 0 Å². The van der Waals surface area contributed by atoms with Gasteiger partial charge in [0.2, 0.25) is 5.91 Å². The first-order valence-electron chi connectivity index (χ1n) is 7.87. The van der Waals surface area contributed by atoms with E-state index in [9.17, 15) is 4.79 Å². The molecule has 1 amide bonds. The van der Waals surface area contributed by atoms with Crippen molar-refractivity contribution in [3.8, 4) is 5.75 Å². The largest absolute Gasteiger partial charge is 0.496 e. The predicted octanol–water partition coefficient (Wildman–Crippen LogP) is 3.41. The SMILES string of the molecule is COc1ccccc1[C@@H](C)NC(=O)C[C@@H](C)c1c(C)n[nH]c1C. The Morgan fingerprint density at radius 3 is 2.61 bits per heavy atom. The minimum atomic E-state index is -0.0996. The highest BCUT2D eigenvalue weighted by atomic mass is 16.5. The van der Waals surface area contributed by atoms with Crippen LogP contribution in [-0.2, 0) is 4.79 Å². The van der Waals surface area contributed by atoms with Gasteiger partial charge in [0, 0.05) is 17.7 Å². The number of carbonyl (C=O) groups excluding carboxylic acids is 1. The van der Waals surface area contributed by atoms with Crippen molar-refractivity contribution in [2.45, 2.75) is 46.1 Å². The van der Waals surface area contributed by atoms with Gasteiger partial charge in [-0.1, -0.05) is 25.1 Å². The molecule has 23 heavy (non-hydrogen) atoms. The Morgan fingerprint density at radius 2 is 2.00 bits per heavy atom. The molecule has 1 aromatic heterocycles. The number of ether oxygens (including phenoxy) is 1. The quantitative estimate of drug-likeness (QED) is 0.858. The van der Waals surface area contributed by atoms with E-state index in [-0.39, 0.29) is 17.9 Å². The van der Waals surface area contributed by atoms with Crippen LogP contribution in [0.1, 0.15) is 54.7 Å². The van der Waals surface area contributed by atoms with Gasteiger partial charge < -0.3 is 10.1 Å². The number of aryl methyl sites for hydroxylation is 2. The Hall–Kier alpha value is -2.30. The Morgan fingerprint density at radius 1 is 1.30 bits per heavy atom. The number of rotatable bonds is 6. The van der Waals surface area contributed by atoms with E-state index in [2.05, 4.69) is 22.4 Å². The molecule has 2 aromatic rings. The van der Waals surface area contributed by atoms with Gasteiger partial charge in [0.05, 0.1) is 18.8 Å². The van der Waals surface area contributed by atoms with Crippen LogP contribution >= 0.6 is 0 Å². The fraction of sp³-hybridized carbons (Fsp3) is 0.444. The third-order valence-corrected chi connectivity index (χ3v) is 4.15. The van der Waals surface area contributed by atoms with Gasteiger partial charge in [-0.2, -0.15) is 5.10 Å². The van der Waals surface area contributed by atoms with Crippen molar-refractivity contribution in [2.75, 3.05) is 7.11 Å². The molecule has 0 aliphatic carbocycles. The minimum Gasteiger partial charge on any atom is -0.496 e. The van der Waals surface area contributed by atoms with Crippen molar-refractivity contribution in [1.29, 1.82) is 0 Å². The number of nitrogens with one attached hydrogen (secondary N) is 2. The summed E-state index contributed by atoms with van der Waals surface area (Å²) in [5.74, 6) is 0.935. The van der Waals surface area contributed by atoms with Gasteiger partial charge >= 0.3 is 0 Å². The molecule has 0 fully saturated rings. The number of aromatic amines is 1. The van der Waals surface area contributed by atoms with Crippen LogP contribution in [0.3, 0.4) is 0 Å². The smallest absolute Gasteiger partial charge is 0.221 e. The Balaban J connectivity index is 2.02. The third-order valence-electron chi connectivity index (χ3n) is 4.15. The first-order chi connectivity index (χ1) is 10.9. The van der Waals surface area contributed by atoms with Crippen LogP contribution in [-0.4, -0.2) is 23.2 Å². The average Bonchev–Trinajstić information content (AvgIpc) is 2.85. The fourth-order valence-electron chi connectivity index (χ4n) is 3.07. The zero-order valence-electron chi connectivity index (χ0n) is 14.4. The molecule has 2 N–H and O–H groups in total. The molecule has 5 nitrogen and oxygen atoms in total. The zero-order valence-corrected chi connectivity index (χ0v) is 14.4. The van der Waals surface area contributed by atoms with E-state index in [1.807, 2.05) is 45.0 Å². The van der Waals surface area contributed by atoms with Gasteiger partial charge in [-0.05, 0) is 38.3 Å². The highest BCUT2D eigenvalue weighted by Gasteiger charge is 2.19. The van der Waals surface area contributed by atoms with Crippen LogP contribution in [0.2, 0.25) is 0 Å². The van der Waals surface area contributed by atoms with Crippen LogP contribution < -0.4 is 10.1 Å². The Bertz CT molecular complexity index is 659. The molecule has 0 spiro atoms. The molecule has 0 bridgehead atoms. The van der Waals surface area contributed by atoms with Crippen molar-refractivity contribution >= 4 is 5.91 Å². The highest BCUT2D eigenvalue weighted by Crippen LogP contribution is 2.26. The highest BCUT2D eigenvalue weighted by molar-refractivity contribution is 5.77.